The van der Waals surface area contributed by atoms with Crippen molar-refractivity contribution in [1.82, 2.24) is 0 Å². The third kappa shape index (κ3) is 3.90. The number of aryl methyl sites for hydroxylation is 2. The van der Waals surface area contributed by atoms with Crippen LogP contribution >= 0.6 is 0 Å². The molecule has 0 heterocycles. The van der Waals surface area contributed by atoms with Gasteiger partial charge in [-0.1, -0.05) is 65.7 Å². The van der Waals surface area contributed by atoms with Crippen LogP contribution in [0.4, 0.5) is 5.69 Å². The number of carbonyl (C=O) groups excluding carboxylic acids is 1. The van der Waals surface area contributed by atoms with Gasteiger partial charge >= 0.3 is 0 Å². The Labute approximate surface area is 143 Å². The molecule has 0 aliphatic rings. The summed E-state index contributed by atoms with van der Waals surface area (Å²) in [5, 5.41) is 3.06. The molecule has 0 aliphatic heterocycles. The number of rotatable bonds is 4. The van der Waals surface area contributed by atoms with E-state index in [9.17, 15) is 4.79 Å². The molecule has 3 aromatic rings. The highest BCUT2D eigenvalue weighted by molar-refractivity contribution is 6.04. The predicted molar refractivity (Wildman–Crippen MR) is 99.6 cm³/mol. The smallest absolute Gasteiger partial charge is 0.255 e. The summed E-state index contributed by atoms with van der Waals surface area (Å²) in [6.45, 7) is 4.01. The molecule has 2 nitrogen and oxygen atoms in total. The van der Waals surface area contributed by atoms with Gasteiger partial charge in [-0.15, -0.1) is 0 Å². The van der Waals surface area contributed by atoms with Gasteiger partial charge in [0.1, 0.15) is 0 Å². The number of nitrogens with one attached hydrogen (secondary N) is 1. The molecule has 0 saturated heterocycles. The Morgan fingerprint density at radius 2 is 1.46 bits per heavy atom. The molecule has 1 N–H and O–H groups in total. The quantitative estimate of drug-likeness (QED) is 0.709. The first-order chi connectivity index (χ1) is 11.6. The van der Waals surface area contributed by atoms with Crippen molar-refractivity contribution in [3.05, 3.63) is 101 Å². The van der Waals surface area contributed by atoms with E-state index in [4.69, 9.17) is 0 Å². The molecule has 0 aliphatic carbocycles. The molecule has 3 aromatic carbocycles. The lowest BCUT2D eigenvalue weighted by molar-refractivity contribution is 0.102. The van der Waals surface area contributed by atoms with Gasteiger partial charge < -0.3 is 5.32 Å². The van der Waals surface area contributed by atoms with Crippen LogP contribution in [0.5, 0.6) is 0 Å². The molecule has 0 unspecified atom stereocenters. The third-order valence-electron chi connectivity index (χ3n) is 3.99. The first kappa shape index (κ1) is 16.0. The van der Waals surface area contributed by atoms with E-state index in [1.54, 1.807) is 0 Å². The van der Waals surface area contributed by atoms with Crippen molar-refractivity contribution in [1.29, 1.82) is 0 Å². The summed E-state index contributed by atoms with van der Waals surface area (Å²) in [7, 11) is 0. The van der Waals surface area contributed by atoms with Crippen LogP contribution < -0.4 is 5.32 Å². The van der Waals surface area contributed by atoms with Crippen LogP contribution in [0.1, 0.15) is 32.6 Å². The minimum atomic E-state index is -0.0673. The SMILES string of the molecule is Cc1cc(C)cc(C(=O)Nc2ccccc2Cc2ccccc2)c1. The average molecular weight is 315 g/mol. The van der Waals surface area contributed by atoms with Crippen LogP contribution in [0.3, 0.4) is 0 Å². The van der Waals surface area contributed by atoms with Crippen LogP contribution in [-0.4, -0.2) is 5.91 Å². The van der Waals surface area contributed by atoms with E-state index in [0.717, 1.165) is 28.8 Å². The van der Waals surface area contributed by atoms with Crippen molar-refractivity contribution in [3.8, 4) is 0 Å². The van der Waals surface area contributed by atoms with Gasteiger partial charge in [0, 0.05) is 11.3 Å². The third-order valence-corrected chi connectivity index (χ3v) is 3.99. The van der Waals surface area contributed by atoms with Crippen LogP contribution in [0.15, 0.2) is 72.8 Å². The van der Waals surface area contributed by atoms with Crippen molar-refractivity contribution in [2.45, 2.75) is 20.3 Å². The molecule has 0 bridgehead atoms. The van der Waals surface area contributed by atoms with E-state index in [1.165, 1.54) is 5.56 Å². The Morgan fingerprint density at radius 1 is 0.833 bits per heavy atom. The maximum Gasteiger partial charge on any atom is 0.255 e. The zero-order chi connectivity index (χ0) is 16.9. The maximum atomic E-state index is 12.6. The van der Waals surface area contributed by atoms with Crippen LogP contribution in [0, 0.1) is 13.8 Å². The van der Waals surface area contributed by atoms with Gasteiger partial charge in [-0.25, -0.2) is 0 Å². The second kappa shape index (κ2) is 7.14. The normalized spacial score (nSPS) is 10.4. The van der Waals surface area contributed by atoms with Gasteiger partial charge in [-0.05, 0) is 49.6 Å². The Balaban J connectivity index is 1.83. The molecule has 3 rings (SSSR count). The Bertz CT molecular complexity index is 833. The van der Waals surface area contributed by atoms with Crippen LogP contribution in [0.2, 0.25) is 0 Å². The molecule has 0 saturated carbocycles. The van der Waals surface area contributed by atoms with Gasteiger partial charge in [0.15, 0.2) is 0 Å². The molecule has 1 amide bonds. The second-order valence-electron chi connectivity index (χ2n) is 6.15. The van der Waals surface area contributed by atoms with Crippen LogP contribution in [-0.2, 0) is 6.42 Å². The highest BCUT2D eigenvalue weighted by Crippen LogP contribution is 2.20. The molecular formula is C22H21NO. The second-order valence-corrected chi connectivity index (χ2v) is 6.15. The van der Waals surface area contributed by atoms with Crippen molar-refractivity contribution in [2.24, 2.45) is 0 Å². The number of hydrogen-bond acceptors (Lipinski definition) is 1. The van der Waals surface area contributed by atoms with Crippen molar-refractivity contribution in [3.63, 3.8) is 0 Å². The summed E-state index contributed by atoms with van der Waals surface area (Å²) in [6.07, 6.45) is 0.796. The van der Waals surface area contributed by atoms with E-state index in [2.05, 4.69) is 29.6 Å². The van der Waals surface area contributed by atoms with Gasteiger partial charge in [0.05, 0.1) is 0 Å². The van der Waals surface area contributed by atoms with E-state index >= 15 is 0 Å². The monoisotopic (exact) mass is 315 g/mol. The van der Waals surface area contributed by atoms with Gasteiger partial charge in [0.25, 0.3) is 5.91 Å². The number of para-hydroxylation sites is 1. The largest absolute Gasteiger partial charge is 0.322 e. The molecule has 2 heteroatoms. The molecule has 0 radical (unpaired) electrons. The minimum absolute atomic E-state index is 0.0673. The lowest BCUT2D eigenvalue weighted by Gasteiger charge is -2.12. The minimum Gasteiger partial charge on any atom is -0.322 e. The first-order valence-electron chi connectivity index (χ1n) is 8.13. The van der Waals surface area contributed by atoms with Crippen molar-refractivity contribution in [2.75, 3.05) is 5.32 Å². The van der Waals surface area contributed by atoms with E-state index in [1.807, 2.05) is 62.4 Å². The number of benzene rings is 3. The van der Waals surface area contributed by atoms with Gasteiger partial charge in [0.2, 0.25) is 0 Å². The summed E-state index contributed by atoms with van der Waals surface area (Å²) >= 11 is 0. The first-order valence-corrected chi connectivity index (χ1v) is 8.13. The zero-order valence-electron chi connectivity index (χ0n) is 14.0. The van der Waals surface area contributed by atoms with Crippen molar-refractivity contribution >= 4 is 11.6 Å². The molecule has 24 heavy (non-hydrogen) atoms. The van der Waals surface area contributed by atoms with Crippen molar-refractivity contribution < 1.29 is 4.79 Å². The number of carbonyl (C=O) groups is 1. The summed E-state index contributed by atoms with van der Waals surface area (Å²) in [6, 6.07) is 24.2. The van der Waals surface area contributed by atoms with Gasteiger partial charge in [-0.2, -0.15) is 0 Å². The molecule has 120 valence electrons. The van der Waals surface area contributed by atoms with Crippen LogP contribution in [0.25, 0.3) is 0 Å². The lowest BCUT2D eigenvalue weighted by atomic mass is 10.0. The molecule has 0 aromatic heterocycles. The molecule has 0 fully saturated rings. The van der Waals surface area contributed by atoms with E-state index in [0.29, 0.717) is 5.56 Å². The molecule has 0 spiro atoms. The van der Waals surface area contributed by atoms with E-state index in [-0.39, 0.29) is 5.91 Å². The topological polar surface area (TPSA) is 29.1 Å². The Hall–Kier alpha value is -2.87. The number of amides is 1. The summed E-state index contributed by atoms with van der Waals surface area (Å²) in [5.41, 5.74) is 6.09. The zero-order valence-corrected chi connectivity index (χ0v) is 14.0. The number of anilines is 1. The van der Waals surface area contributed by atoms with E-state index < -0.39 is 0 Å². The highest BCUT2D eigenvalue weighted by Gasteiger charge is 2.10. The summed E-state index contributed by atoms with van der Waals surface area (Å²) in [4.78, 5) is 12.6. The predicted octanol–water partition coefficient (Wildman–Crippen LogP) is 5.15. The summed E-state index contributed by atoms with van der Waals surface area (Å²) < 4.78 is 0. The molecular weight excluding hydrogens is 294 g/mol. The lowest BCUT2D eigenvalue weighted by Crippen LogP contribution is -2.13. The molecule has 0 atom stereocenters. The standard InChI is InChI=1S/C22H21NO/c1-16-12-17(2)14-20(13-16)22(24)23-21-11-7-6-10-19(21)15-18-8-4-3-5-9-18/h3-14H,15H2,1-2H3,(H,23,24). The Morgan fingerprint density at radius 3 is 2.17 bits per heavy atom. The average Bonchev–Trinajstić information content (AvgIpc) is 2.56. The fraction of sp³-hybridized carbons (Fsp3) is 0.136. The maximum absolute atomic E-state index is 12.6. The Kier molecular flexibility index (Phi) is 4.76. The fourth-order valence-corrected chi connectivity index (χ4v) is 2.91. The van der Waals surface area contributed by atoms with Gasteiger partial charge in [-0.3, -0.25) is 4.79 Å². The summed E-state index contributed by atoms with van der Waals surface area (Å²) in [5.74, 6) is -0.0673. The highest BCUT2D eigenvalue weighted by atomic mass is 16.1. The fourth-order valence-electron chi connectivity index (χ4n) is 2.91. The number of hydrogen-bond donors (Lipinski definition) is 1.